The molecule has 1 N–H and O–H groups in total. The predicted molar refractivity (Wildman–Crippen MR) is 110 cm³/mol. The van der Waals surface area contributed by atoms with Gasteiger partial charge in [0.05, 0.1) is 16.9 Å². The molecule has 27 heavy (non-hydrogen) atoms. The highest BCUT2D eigenvalue weighted by Crippen LogP contribution is 2.32. The molecule has 1 aliphatic rings. The third-order valence-electron chi connectivity index (χ3n) is 4.78. The second-order valence-electron chi connectivity index (χ2n) is 6.60. The number of hydrogen-bond acceptors (Lipinski definition) is 3. The molecule has 0 radical (unpaired) electrons. The molecule has 5 nitrogen and oxygen atoms in total. The highest BCUT2D eigenvalue weighted by atomic mass is 79.9. The van der Waals surface area contributed by atoms with E-state index < -0.39 is 5.92 Å². The second-order valence-corrected chi connectivity index (χ2v) is 7.46. The van der Waals surface area contributed by atoms with Crippen LogP contribution in [-0.4, -0.2) is 23.3 Å². The average molecular weight is 424 g/mol. The van der Waals surface area contributed by atoms with Crippen molar-refractivity contribution in [3.05, 3.63) is 64.8 Å². The van der Waals surface area contributed by atoms with Crippen LogP contribution in [0.4, 0.5) is 11.4 Å². The minimum absolute atomic E-state index is 0.177. The molecule has 3 aromatic rings. The van der Waals surface area contributed by atoms with Crippen LogP contribution in [0, 0.1) is 12.8 Å². The third kappa shape index (κ3) is 3.32. The van der Waals surface area contributed by atoms with E-state index in [0.29, 0.717) is 18.7 Å². The first kappa shape index (κ1) is 17.7. The fourth-order valence-corrected chi connectivity index (χ4v) is 3.90. The predicted octanol–water partition coefficient (Wildman–Crippen LogP) is 4.30. The Kier molecular flexibility index (Phi) is 4.66. The van der Waals surface area contributed by atoms with Gasteiger partial charge in [-0.05, 0) is 53.5 Å². The molecule has 1 saturated heterocycles. The van der Waals surface area contributed by atoms with E-state index in [-0.39, 0.29) is 11.8 Å². The van der Waals surface area contributed by atoms with Crippen LogP contribution in [-0.2, 0) is 9.59 Å². The van der Waals surface area contributed by atoms with E-state index in [0.717, 1.165) is 26.8 Å². The summed E-state index contributed by atoms with van der Waals surface area (Å²) < 4.78 is 0.841. The van der Waals surface area contributed by atoms with Crippen LogP contribution in [0.1, 0.15) is 12.1 Å². The maximum atomic E-state index is 12.8. The first-order chi connectivity index (χ1) is 13.0. The number of pyridine rings is 1. The van der Waals surface area contributed by atoms with Gasteiger partial charge in [-0.25, -0.2) is 0 Å². The van der Waals surface area contributed by atoms with E-state index in [9.17, 15) is 9.59 Å². The summed E-state index contributed by atoms with van der Waals surface area (Å²) in [5, 5.41) is 3.86. The molecule has 0 saturated carbocycles. The Balaban J connectivity index is 1.57. The Morgan fingerprint density at radius 1 is 1.15 bits per heavy atom. The highest BCUT2D eigenvalue weighted by Gasteiger charge is 2.38. The Labute approximate surface area is 165 Å². The number of anilines is 2. The molecule has 2 amide bonds. The molecule has 6 heteroatoms. The van der Waals surface area contributed by atoms with Gasteiger partial charge in [0.1, 0.15) is 5.92 Å². The Bertz CT molecular complexity index is 1050. The van der Waals surface area contributed by atoms with Crippen molar-refractivity contribution in [2.45, 2.75) is 13.3 Å². The van der Waals surface area contributed by atoms with Gasteiger partial charge in [-0.2, -0.15) is 0 Å². The van der Waals surface area contributed by atoms with Gasteiger partial charge in [0, 0.05) is 22.1 Å². The van der Waals surface area contributed by atoms with E-state index in [1.807, 2.05) is 61.5 Å². The molecule has 4 rings (SSSR count). The van der Waals surface area contributed by atoms with Crippen LogP contribution in [0.25, 0.3) is 10.9 Å². The largest absolute Gasteiger partial charge is 0.324 e. The Morgan fingerprint density at radius 2 is 1.96 bits per heavy atom. The molecule has 136 valence electrons. The summed E-state index contributed by atoms with van der Waals surface area (Å²) in [4.78, 5) is 31.9. The number of para-hydroxylation sites is 2. The molecule has 0 bridgehead atoms. The summed E-state index contributed by atoms with van der Waals surface area (Å²) in [6.07, 6.45) is 0.489. The summed E-state index contributed by atoms with van der Waals surface area (Å²) in [7, 11) is 0. The number of carbonyl (C=O) groups is 2. The van der Waals surface area contributed by atoms with Gasteiger partial charge < -0.3 is 10.2 Å². The lowest BCUT2D eigenvalue weighted by molar-refractivity contribution is -0.129. The zero-order valence-electron chi connectivity index (χ0n) is 14.8. The molecule has 2 aromatic carbocycles. The van der Waals surface area contributed by atoms with Gasteiger partial charge in [0.25, 0.3) is 0 Å². The second kappa shape index (κ2) is 7.12. The normalized spacial score (nSPS) is 16.7. The lowest BCUT2D eigenvalue weighted by atomic mass is 10.1. The van der Waals surface area contributed by atoms with E-state index in [4.69, 9.17) is 0 Å². The topological polar surface area (TPSA) is 62.3 Å². The first-order valence-electron chi connectivity index (χ1n) is 8.78. The van der Waals surface area contributed by atoms with Crippen molar-refractivity contribution in [2.75, 3.05) is 16.8 Å². The van der Waals surface area contributed by atoms with Crippen LogP contribution in [0.15, 0.2) is 59.1 Å². The lowest BCUT2D eigenvalue weighted by Gasteiger charge is -2.18. The zero-order valence-corrected chi connectivity index (χ0v) is 16.4. The number of aromatic nitrogens is 1. The Morgan fingerprint density at radius 3 is 2.78 bits per heavy atom. The number of carbonyl (C=O) groups excluding carboxylic acids is 2. The fourth-order valence-electron chi connectivity index (χ4n) is 3.40. The van der Waals surface area contributed by atoms with E-state index in [1.54, 1.807) is 4.90 Å². The maximum absolute atomic E-state index is 12.8. The van der Waals surface area contributed by atoms with Crippen LogP contribution >= 0.6 is 15.9 Å². The standard InChI is InChI=1S/C21H18BrN3O2/c1-13-9-10-14-5-4-7-17(19(14)23-13)24-20(26)15-11-12-25(21(15)27)18-8-3-2-6-16(18)22/h2-10,15H,11-12H2,1H3,(H,24,26). The van der Waals surface area contributed by atoms with Crippen molar-refractivity contribution in [3.63, 3.8) is 0 Å². The molecule has 1 unspecified atom stereocenters. The molecule has 1 atom stereocenters. The first-order valence-corrected chi connectivity index (χ1v) is 9.57. The summed E-state index contributed by atoms with van der Waals surface area (Å²) >= 11 is 3.48. The van der Waals surface area contributed by atoms with Crippen molar-refractivity contribution in [1.82, 2.24) is 4.98 Å². The van der Waals surface area contributed by atoms with Gasteiger partial charge in [0.2, 0.25) is 11.8 Å². The molecule has 1 fully saturated rings. The average Bonchev–Trinajstić information content (AvgIpc) is 3.04. The van der Waals surface area contributed by atoms with Gasteiger partial charge in [-0.3, -0.25) is 14.6 Å². The number of benzene rings is 2. The number of aryl methyl sites for hydroxylation is 1. The van der Waals surface area contributed by atoms with Crippen molar-refractivity contribution in [3.8, 4) is 0 Å². The van der Waals surface area contributed by atoms with E-state index in [1.165, 1.54) is 0 Å². The zero-order chi connectivity index (χ0) is 19.0. The monoisotopic (exact) mass is 423 g/mol. The SMILES string of the molecule is Cc1ccc2cccc(NC(=O)C3CCN(c4ccccc4Br)C3=O)c2n1. The summed E-state index contributed by atoms with van der Waals surface area (Å²) in [5.41, 5.74) is 3.04. The van der Waals surface area contributed by atoms with E-state index >= 15 is 0 Å². The van der Waals surface area contributed by atoms with Gasteiger partial charge >= 0.3 is 0 Å². The summed E-state index contributed by atoms with van der Waals surface area (Å²) in [5.74, 6) is -1.16. The quantitative estimate of drug-likeness (QED) is 0.638. The minimum atomic E-state index is -0.697. The molecule has 0 aliphatic carbocycles. The maximum Gasteiger partial charge on any atom is 0.239 e. The third-order valence-corrected chi connectivity index (χ3v) is 5.45. The van der Waals surface area contributed by atoms with Crippen LogP contribution in [0.2, 0.25) is 0 Å². The van der Waals surface area contributed by atoms with Gasteiger partial charge in [-0.1, -0.05) is 30.3 Å². The number of nitrogens with one attached hydrogen (secondary N) is 1. The smallest absolute Gasteiger partial charge is 0.239 e. The lowest BCUT2D eigenvalue weighted by Crippen LogP contribution is -2.33. The van der Waals surface area contributed by atoms with Crippen LogP contribution in [0.3, 0.4) is 0 Å². The number of hydrogen-bond donors (Lipinski definition) is 1. The Hall–Kier alpha value is -2.73. The number of halogens is 1. The molecule has 0 spiro atoms. The molecular formula is C21H18BrN3O2. The number of nitrogens with zero attached hydrogens (tertiary/aromatic N) is 2. The molecule has 1 aromatic heterocycles. The number of fused-ring (bicyclic) bond motifs is 1. The van der Waals surface area contributed by atoms with Crippen molar-refractivity contribution < 1.29 is 9.59 Å². The van der Waals surface area contributed by atoms with Crippen molar-refractivity contribution in [2.24, 2.45) is 5.92 Å². The van der Waals surface area contributed by atoms with Crippen LogP contribution in [0.5, 0.6) is 0 Å². The molecular weight excluding hydrogens is 406 g/mol. The van der Waals surface area contributed by atoms with Crippen LogP contribution < -0.4 is 10.2 Å². The number of amides is 2. The minimum Gasteiger partial charge on any atom is -0.324 e. The summed E-state index contributed by atoms with van der Waals surface area (Å²) in [6, 6.07) is 17.1. The number of rotatable bonds is 3. The summed E-state index contributed by atoms with van der Waals surface area (Å²) in [6.45, 7) is 2.43. The van der Waals surface area contributed by atoms with E-state index in [2.05, 4.69) is 26.2 Å². The molecule has 2 heterocycles. The highest BCUT2D eigenvalue weighted by molar-refractivity contribution is 9.10. The fraction of sp³-hybridized carbons (Fsp3) is 0.190. The van der Waals surface area contributed by atoms with Crippen molar-refractivity contribution in [1.29, 1.82) is 0 Å². The molecule has 1 aliphatic heterocycles. The van der Waals surface area contributed by atoms with Gasteiger partial charge in [0.15, 0.2) is 0 Å². The van der Waals surface area contributed by atoms with Gasteiger partial charge in [-0.15, -0.1) is 0 Å². The van der Waals surface area contributed by atoms with Crippen molar-refractivity contribution >= 4 is 50.0 Å².